The van der Waals surface area contributed by atoms with Gasteiger partial charge < -0.3 is 10.2 Å². The third-order valence-electron chi connectivity index (χ3n) is 4.59. The summed E-state index contributed by atoms with van der Waals surface area (Å²) in [5.74, 6) is 0.301. The van der Waals surface area contributed by atoms with Crippen LogP contribution in [-0.2, 0) is 6.42 Å². The molecule has 144 valence electrons. The third-order valence-corrected chi connectivity index (χ3v) is 4.59. The maximum Gasteiger partial charge on any atom is 0.274 e. The standard InChI is InChI=1S/C23H26N4O/c1-5-18-11-7-8-13-20(18)25-22(28)21-15-17(4)24-23(26-21)27(6-2)19-12-9-10-16(3)14-19/h7-15H,5-6H2,1-4H3,(H,25,28). The van der Waals surface area contributed by atoms with E-state index >= 15 is 0 Å². The summed E-state index contributed by atoms with van der Waals surface area (Å²) >= 11 is 0. The van der Waals surface area contributed by atoms with Crippen LogP contribution in [0.1, 0.15) is 41.2 Å². The van der Waals surface area contributed by atoms with Crippen molar-refractivity contribution in [2.45, 2.75) is 34.1 Å². The average Bonchev–Trinajstić information content (AvgIpc) is 2.68. The van der Waals surface area contributed by atoms with Crippen molar-refractivity contribution in [2.24, 2.45) is 0 Å². The Morgan fingerprint density at radius 1 is 1.00 bits per heavy atom. The van der Waals surface area contributed by atoms with Gasteiger partial charge in [0.1, 0.15) is 5.69 Å². The van der Waals surface area contributed by atoms with Gasteiger partial charge in [0.15, 0.2) is 0 Å². The predicted molar refractivity (Wildman–Crippen MR) is 114 cm³/mol. The minimum absolute atomic E-state index is 0.229. The van der Waals surface area contributed by atoms with Crippen molar-refractivity contribution in [2.75, 3.05) is 16.8 Å². The number of hydrogen-bond donors (Lipinski definition) is 1. The maximum atomic E-state index is 12.9. The quantitative estimate of drug-likeness (QED) is 0.655. The van der Waals surface area contributed by atoms with Crippen LogP contribution in [0.4, 0.5) is 17.3 Å². The number of carbonyl (C=O) groups is 1. The highest BCUT2D eigenvalue weighted by Gasteiger charge is 2.16. The van der Waals surface area contributed by atoms with Gasteiger partial charge in [0.2, 0.25) is 5.95 Å². The Morgan fingerprint density at radius 2 is 1.79 bits per heavy atom. The van der Waals surface area contributed by atoms with Gasteiger partial charge >= 0.3 is 0 Å². The molecule has 0 atom stereocenters. The topological polar surface area (TPSA) is 58.1 Å². The lowest BCUT2D eigenvalue weighted by Crippen LogP contribution is -2.22. The fraction of sp³-hybridized carbons (Fsp3) is 0.261. The molecule has 0 spiro atoms. The molecule has 0 unspecified atom stereocenters. The first-order chi connectivity index (χ1) is 13.5. The smallest absolute Gasteiger partial charge is 0.274 e. The highest BCUT2D eigenvalue weighted by molar-refractivity contribution is 6.03. The van der Waals surface area contributed by atoms with E-state index in [1.54, 1.807) is 6.07 Å². The molecule has 1 aromatic heterocycles. The summed E-state index contributed by atoms with van der Waals surface area (Å²) in [7, 11) is 0. The van der Waals surface area contributed by atoms with E-state index in [0.717, 1.165) is 34.6 Å². The molecule has 0 aliphatic carbocycles. The molecule has 1 amide bonds. The predicted octanol–water partition coefficient (Wildman–Crippen LogP) is 5.07. The zero-order chi connectivity index (χ0) is 20.1. The van der Waals surface area contributed by atoms with Gasteiger partial charge in [-0.1, -0.05) is 37.3 Å². The summed E-state index contributed by atoms with van der Waals surface area (Å²) in [5, 5.41) is 2.99. The lowest BCUT2D eigenvalue weighted by atomic mass is 10.1. The Labute approximate surface area is 166 Å². The highest BCUT2D eigenvalue weighted by Crippen LogP contribution is 2.24. The van der Waals surface area contributed by atoms with Crippen LogP contribution in [-0.4, -0.2) is 22.4 Å². The zero-order valence-corrected chi connectivity index (χ0v) is 16.9. The molecule has 0 saturated heterocycles. The lowest BCUT2D eigenvalue weighted by molar-refractivity contribution is 0.102. The molecule has 3 rings (SSSR count). The van der Waals surface area contributed by atoms with E-state index in [0.29, 0.717) is 18.2 Å². The molecule has 0 radical (unpaired) electrons. The van der Waals surface area contributed by atoms with Gasteiger partial charge in [-0.2, -0.15) is 0 Å². The molecule has 0 aliphatic heterocycles. The van der Waals surface area contributed by atoms with Gasteiger partial charge in [0.25, 0.3) is 5.91 Å². The number of aromatic nitrogens is 2. The van der Waals surface area contributed by atoms with Crippen LogP contribution in [0.25, 0.3) is 0 Å². The van der Waals surface area contributed by atoms with E-state index in [1.165, 1.54) is 0 Å². The minimum Gasteiger partial charge on any atom is -0.320 e. The van der Waals surface area contributed by atoms with Crippen LogP contribution in [0.15, 0.2) is 54.6 Å². The van der Waals surface area contributed by atoms with Crippen LogP contribution in [0.5, 0.6) is 0 Å². The molecule has 0 saturated carbocycles. The number of rotatable bonds is 6. The van der Waals surface area contributed by atoms with Crippen LogP contribution < -0.4 is 10.2 Å². The number of anilines is 3. The van der Waals surface area contributed by atoms with Gasteiger partial charge in [-0.3, -0.25) is 4.79 Å². The molecule has 5 nitrogen and oxygen atoms in total. The van der Waals surface area contributed by atoms with Gasteiger partial charge in [0, 0.05) is 23.6 Å². The SMILES string of the molecule is CCc1ccccc1NC(=O)c1cc(C)nc(N(CC)c2cccc(C)c2)n1. The summed E-state index contributed by atoms with van der Waals surface area (Å²) in [4.78, 5) is 24.0. The molecule has 0 fully saturated rings. The molecule has 0 aliphatic rings. The van der Waals surface area contributed by atoms with Crippen LogP contribution in [0.3, 0.4) is 0 Å². The molecule has 0 bridgehead atoms. The Balaban J connectivity index is 1.93. The third kappa shape index (κ3) is 4.36. The number of benzene rings is 2. The number of aryl methyl sites for hydroxylation is 3. The second kappa shape index (κ2) is 8.65. The molecule has 1 N–H and O–H groups in total. The Bertz CT molecular complexity index is 984. The summed E-state index contributed by atoms with van der Waals surface area (Å²) < 4.78 is 0. The Hall–Kier alpha value is -3.21. The minimum atomic E-state index is -0.229. The first-order valence-electron chi connectivity index (χ1n) is 9.61. The molecule has 3 aromatic rings. The van der Waals surface area contributed by atoms with Crippen LogP contribution in [0.2, 0.25) is 0 Å². The van der Waals surface area contributed by atoms with Crippen molar-refractivity contribution in [1.82, 2.24) is 9.97 Å². The summed E-state index contributed by atoms with van der Waals surface area (Å²) in [6.45, 7) is 8.75. The number of carbonyl (C=O) groups excluding carboxylic acids is 1. The second-order valence-corrected chi connectivity index (χ2v) is 6.74. The molecule has 5 heteroatoms. The molecular weight excluding hydrogens is 348 g/mol. The van der Waals surface area contributed by atoms with E-state index in [1.807, 2.05) is 55.1 Å². The first kappa shape index (κ1) is 19.5. The van der Waals surface area contributed by atoms with E-state index < -0.39 is 0 Å². The van der Waals surface area contributed by atoms with Crippen LogP contribution >= 0.6 is 0 Å². The van der Waals surface area contributed by atoms with Crippen molar-refractivity contribution in [3.8, 4) is 0 Å². The van der Waals surface area contributed by atoms with Gasteiger partial charge in [-0.25, -0.2) is 9.97 Å². The summed E-state index contributed by atoms with van der Waals surface area (Å²) in [5.41, 5.74) is 5.20. The van der Waals surface area contributed by atoms with E-state index in [9.17, 15) is 4.79 Å². The molecule has 1 heterocycles. The maximum absolute atomic E-state index is 12.9. The average molecular weight is 374 g/mol. The monoisotopic (exact) mass is 374 g/mol. The fourth-order valence-corrected chi connectivity index (χ4v) is 3.16. The summed E-state index contributed by atoms with van der Waals surface area (Å²) in [6.07, 6.45) is 0.849. The normalized spacial score (nSPS) is 10.6. The van der Waals surface area contributed by atoms with Crippen molar-refractivity contribution in [1.29, 1.82) is 0 Å². The zero-order valence-electron chi connectivity index (χ0n) is 16.9. The molecular formula is C23H26N4O. The number of nitrogens with zero attached hydrogens (tertiary/aromatic N) is 3. The van der Waals surface area contributed by atoms with Crippen LogP contribution in [0, 0.1) is 13.8 Å². The number of amides is 1. The van der Waals surface area contributed by atoms with Crippen molar-refractivity contribution >= 4 is 23.2 Å². The lowest BCUT2D eigenvalue weighted by Gasteiger charge is -2.22. The van der Waals surface area contributed by atoms with E-state index in [2.05, 4.69) is 41.3 Å². The van der Waals surface area contributed by atoms with Gasteiger partial charge in [0.05, 0.1) is 0 Å². The number of hydrogen-bond acceptors (Lipinski definition) is 4. The van der Waals surface area contributed by atoms with Crippen molar-refractivity contribution < 1.29 is 4.79 Å². The highest BCUT2D eigenvalue weighted by atomic mass is 16.1. The fourth-order valence-electron chi connectivity index (χ4n) is 3.16. The summed E-state index contributed by atoms with van der Waals surface area (Å²) in [6, 6.07) is 17.7. The number of para-hydroxylation sites is 1. The molecule has 2 aromatic carbocycles. The Morgan fingerprint density at radius 3 is 2.50 bits per heavy atom. The Kier molecular flexibility index (Phi) is 6.04. The largest absolute Gasteiger partial charge is 0.320 e. The van der Waals surface area contributed by atoms with Gasteiger partial charge in [-0.15, -0.1) is 0 Å². The second-order valence-electron chi connectivity index (χ2n) is 6.74. The van der Waals surface area contributed by atoms with E-state index in [4.69, 9.17) is 0 Å². The van der Waals surface area contributed by atoms with Crippen molar-refractivity contribution in [3.05, 3.63) is 77.1 Å². The van der Waals surface area contributed by atoms with Gasteiger partial charge in [-0.05, 0) is 62.6 Å². The number of nitrogens with one attached hydrogen (secondary N) is 1. The van der Waals surface area contributed by atoms with E-state index in [-0.39, 0.29) is 5.91 Å². The van der Waals surface area contributed by atoms with Crippen molar-refractivity contribution in [3.63, 3.8) is 0 Å². The molecule has 28 heavy (non-hydrogen) atoms. The first-order valence-corrected chi connectivity index (χ1v) is 9.61.